The van der Waals surface area contributed by atoms with E-state index in [1.165, 1.54) is 12.8 Å². The van der Waals surface area contributed by atoms with Gasteiger partial charge in [0.2, 0.25) is 0 Å². The third-order valence-electron chi connectivity index (χ3n) is 4.15. The number of rotatable bonds is 3. The predicted octanol–water partition coefficient (Wildman–Crippen LogP) is 3.78. The zero-order chi connectivity index (χ0) is 11.6. The normalized spacial score (nSPS) is 34.1. The lowest BCUT2D eigenvalue weighted by Crippen LogP contribution is -2.38. The van der Waals surface area contributed by atoms with E-state index in [2.05, 4.69) is 33.8 Å². The molecule has 1 N–H and O–H groups in total. The Bertz CT molecular complexity index is 240. The van der Waals surface area contributed by atoms with E-state index in [0.29, 0.717) is 5.92 Å². The molecular formula is C14H26O. The molecule has 3 unspecified atom stereocenters. The van der Waals surface area contributed by atoms with E-state index < -0.39 is 0 Å². The molecule has 0 spiro atoms. The van der Waals surface area contributed by atoms with E-state index in [1.807, 2.05) is 6.92 Å². The van der Waals surface area contributed by atoms with Crippen LogP contribution in [0.5, 0.6) is 0 Å². The molecule has 3 atom stereocenters. The molecule has 0 saturated heterocycles. The predicted molar refractivity (Wildman–Crippen MR) is 65.7 cm³/mol. The molecule has 0 heterocycles. The van der Waals surface area contributed by atoms with E-state index in [9.17, 15) is 5.11 Å². The zero-order valence-electron chi connectivity index (χ0n) is 10.9. The minimum absolute atomic E-state index is 0.0838. The first-order valence-electron chi connectivity index (χ1n) is 6.22. The summed E-state index contributed by atoms with van der Waals surface area (Å²) in [6.07, 6.45) is 5.59. The second-order valence-electron chi connectivity index (χ2n) is 5.95. The van der Waals surface area contributed by atoms with Crippen LogP contribution in [0.2, 0.25) is 0 Å². The first kappa shape index (κ1) is 12.8. The molecular weight excluding hydrogens is 184 g/mol. The quantitative estimate of drug-likeness (QED) is 0.703. The van der Waals surface area contributed by atoms with E-state index in [0.717, 1.165) is 12.3 Å². The summed E-state index contributed by atoms with van der Waals surface area (Å²) in [4.78, 5) is 0. The van der Waals surface area contributed by atoms with Crippen LogP contribution >= 0.6 is 0 Å². The first-order valence-corrected chi connectivity index (χ1v) is 6.22. The first-order chi connectivity index (χ1) is 6.86. The van der Waals surface area contributed by atoms with Crippen molar-refractivity contribution >= 4 is 0 Å². The number of allylic oxidation sites excluding steroid dienone is 2. The highest BCUT2D eigenvalue weighted by Crippen LogP contribution is 2.43. The molecule has 0 bridgehead atoms. The van der Waals surface area contributed by atoms with Gasteiger partial charge in [0.05, 0.1) is 6.10 Å². The lowest BCUT2D eigenvalue weighted by Gasteiger charge is -2.41. The largest absolute Gasteiger partial charge is 0.393 e. The zero-order valence-corrected chi connectivity index (χ0v) is 10.9. The van der Waals surface area contributed by atoms with Crippen LogP contribution in [0.25, 0.3) is 0 Å². The fraction of sp³-hybridized carbons (Fsp3) is 0.857. The van der Waals surface area contributed by atoms with Crippen molar-refractivity contribution in [3.63, 3.8) is 0 Å². The summed E-state index contributed by atoms with van der Waals surface area (Å²) >= 11 is 0. The maximum Gasteiger partial charge on any atom is 0.0571 e. The molecule has 1 heteroatoms. The number of hydrogen-bond acceptors (Lipinski definition) is 1. The Morgan fingerprint density at radius 2 is 2.07 bits per heavy atom. The van der Waals surface area contributed by atoms with Crippen molar-refractivity contribution in [2.24, 2.45) is 17.3 Å². The number of aliphatic hydroxyl groups is 1. The Hall–Kier alpha value is -0.300. The van der Waals surface area contributed by atoms with Crippen molar-refractivity contribution in [1.82, 2.24) is 0 Å². The van der Waals surface area contributed by atoms with E-state index in [4.69, 9.17) is 0 Å². The minimum Gasteiger partial charge on any atom is -0.393 e. The van der Waals surface area contributed by atoms with Gasteiger partial charge in [-0.1, -0.05) is 39.3 Å². The summed E-state index contributed by atoms with van der Waals surface area (Å²) in [6.45, 7) is 11.0. The smallest absolute Gasteiger partial charge is 0.0571 e. The van der Waals surface area contributed by atoms with Crippen molar-refractivity contribution in [2.45, 2.75) is 60.0 Å². The average Bonchev–Trinajstić information content (AvgIpc) is 2.10. The van der Waals surface area contributed by atoms with Gasteiger partial charge in [-0.05, 0) is 43.4 Å². The van der Waals surface area contributed by atoms with Gasteiger partial charge >= 0.3 is 0 Å². The molecule has 0 aliphatic heterocycles. The molecule has 0 saturated carbocycles. The summed E-state index contributed by atoms with van der Waals surface area (Å²) in [5, 5.41) is 9.85. The van der Waals surface area contributed by atoms with Gasteiger partial charge in [0, 0.05) is 0 Å². The van der Waals surface area contributed by atoms with Crippen LogP contribution in [0.4, 0.5) is 0 Å². The van der Waals surface area contributed by atoms with E-state index >= 15 is 0 Å². The minimum atomic E-state index is -0.204. The highest BCUT2D eigenvalue weighted by molar-refractivity contribution is 5.12. The average molecular weight is 210 g/mol. The van der Waals surface area contributed by atoms with Crippen LogP contribution in [0.1, 0.15) is 53.9 Å². The standard InChI is InChI=1S/C14H26O/c1-10(2)8-13-6-7-14(5,12(4)15)11(3)9-13/h6,10-12,15H,7-9H2,1-5H3. The second kappa shape index (κ2) is 4.69. The molecule has 0 fully saturated rings. The van der Waals surface area contributed by atoms with Gasteiger partial charge in [-0.15, -0.1) is 0 Å². The fourth-order valence-corrected chi connectivity index (χ4v) is 2.55. The van der Waals surface area contributed by atoms with Crippen LogP contribution < -0.4 is 0 Å². The molecule has 88 valence electrons. The number of aliphatic hydroxyl groups excluding tert-OH is 1. The summed E-state index contributed by atoms with van der Waals surface area (Å²) in [7, 11) is 0. The van der Waals surface area contributed by atoms with Gasteiger partial charge in [0.1, 0.15) is 0 Å². The fourth-order valence-electron chi connectivity index (χ4n) is 2.55. The SMILES string of the molecule is CC(C)CC1=CCC(C)(C(C)O)C(C)C1. The Morgan fingerprint density at radius 3 is 2.47 bits per heavy atom. The third kappa shape index (κ3) is 2.84. The van der Waals surface area contributed by atoms with Crippen LogP contribution in [0.15, 0.2) is 11.6 Å². The molecule has 0 aromatic carbocycles. The molecule has 15 heavy (non-hydrogen) atoms. The van der Waals surface area contributed by atoms with Gasteiger partial charge in [0.15, 0.2) is 0 Å². The van der Waals surface area contributed by atoms with Crippen LogP contribution in [-0.4, -0.2) is 11.2 Å². The van der Waals surface area contributed by atoms with Crippen LogP contribution in [0.3, 0.4) is 0 Å². The Balaban J connectivity index is 2.70. The molecule has 0 amide bonds. The summed E-state index contributed by atoms with van der Waals surface area (Å²) in [5.41, 5.74) is 1.68. The number of hydrogen-bond donors (Lipinski definition) is 1. The summed E-state index contributed by atoms with van der Waals surface area (Å²) in [5.74, 6) is 1.34. The molecule has 1 aliphatic carbocycles. The molecule has 0 radical (unpaired) electrons. The second-order valence-corrected chi connectivity index (χ2v) is 5.95. The summed E-state index contributed by atoms with van der Waals surface area (Å²) < 4.78 is 0. The molecule has 1 rings (SSSR count). The van der Waals surface area contributed by atoms with Gasteiger partial charge in [-0.25, -0.2) is 0 Å². The van der Waals surface area contributed by atoms with Gasteiger partial charge < -0.3 is 5.11 Å². The highest BCUT2D eigenvalue weighted by atomic mass is 16.3. The van der Waals surface area contributed by atoms with Crippen molar-refractivity contribution in [3.8, 4) is 0 Å². The van der Waals surface area contributed by atoms with Gasteiger partial charge in [-0.3, -0.25) is 0 Å². The third-order valence-corrected chi connectivity index (χ3v) is 4.15. The Morgan fingerprint density at radius 1 is 1.47 bits per heavy atom. The molecule has 0 aromatic heterocycles. The topological polar surface area (TPSA) is 20.2 Å². The Kier molecular flexibility index (Phi) is 3.99. The van der Waals surface area contributed by atoms with Crippen molar-refractivity contribution in [1.29, 1.82) is 0 Å². The van der Waals surface area contributed by atoms with Crippen molar-refractivity contribution < 1.29 is 5.11 Å². The van der Waals surface area contributed by atoms with E-state index in [-0.39, 0.29) is 11.5 Å². The lowest BCUT2D eigenvalue weighted by atomic mass is 9.65. The maximum absolute atomic E-state index is 9.85. The monoisotopic (exact) mass is 210 g/mol. The molecule has 1 aliphatic rings. The van der Waals surface area contributed by atoms with Gasteiger partial charge in [-0.2, -0.15) is 0 Å². The molecule has 1 nitrogen and oxygen atoms in total. The highest BCUT2D eigenvalue weighted by Gasteiger charge is 2.37. The van der Waals surface area contributed by atoms with Crippen molar-refractivity contribution in [2.75, 3.05) is 0 Å². The van der Waals surface area contributed by atoms with Crippen LogP contribution in [-0.2, 0) is 0 Å². The lowest BCUT2D eigenvalue weighted by molar-refractivity contribution is 0.00777. The van der Waals surface area contributed by atoms with E-state index in [1.54, 1.807) is 5.57 Å². The molecule has 0 aromatic rings. The van der Waals surface area contributed by atoms with Crippen LogP contribution in [0, 0.1) is 17.3 Å². The maximum atomic E-state index is 9.85. The Labute approximate surface area is 94.6 Å². The van der Waals surface area contributed by atoms with Gasteiger partial charge in [0.25, 0.3) is 0 Å². The van der Waals surface area contributed by atoms with Crippen molar-refractivity contribution in [3.05, 3.63) is 11.6 Å². The summed E-state index contributed by atoms with van der Waals surface area (Å²) in [6, 6.07) is 0.